The molecule has 0 fully saturated rings. The van der Waals surface area contributed by atoms with E-state index in [4.69, 9.17) is 11.6 Å². The quantitative estimate of drug-likeness (QED) is 0.427. The van der Waals surface area contributed by atoms with Crippen LogP contribution < -0.4 is 9.62 Å². The van der Waals surface area contributed by atoms with Crippen LogP contribution in [0, 0.1) is 19.8 Å². The van der Waals surface area contributed by atoms with E-state index < -0.39 is 16.1 Å². The molecule has 2 aromatic rings. The summed E-state index contributed by atoms with van der Waals surface area (Å²) in [6.07, 6.45) is 1.59. The molecular formula is C27H38ClN3O4S. The first-order chi connectivity index (χ1) is 16.8. The second kappa shape index (κ2) is 13.1. The Balaban J connectivity index is 2.18. The highest BCUT2D eigenvalue weighted by Crippen LogP contribution is 2.25. The normalized spacial score (nSPS) is 12.3. The summed E-state index contributed by atoms with van der Waals surface area (Å²) in [5, 5.41) is 3.49. The van der Waals surface area contributed by atoms with Crippen LogP contribution in [0.1, 0.15) is 50.3 Å². The fraction of sp³-hybridized carbons (Fsp3) is 0.481. The smallest absolute Gasteiger partial charge is 0.242 e. The van der Waals surface area contributed by atoms with E-state index in [9.17, 15) is 18.0 Å². The standard InChI is InChI=1S/C27H38ClN3O4S/c1-19(2)17-29-27(33)22(5)30(18-23-11-13-24(28)14-12-23)26(32)8-7-15-31(36(6,34)35)25-16-20(3)9-10-21(25)4/h9-14,16,19,22H,7-8,15,17-18H2,1-6H3,(H,29,33). The van der Waals surface area contributed by atoms with Gasteiger partial charge in [0.15, 0.2) is 0 Å². The lowest BCUT2D eigenvalue weighted by molar-refractivity contribution is -0.140. The van der Waals surface area contributed by atoms with Crippen molar-refractivity contribution in [2.45, 2.75) is 60.0 Å². The molecule has 0 spiro atoms. The molecule has 0 aliphatic rings. The molecule has 2 rings (SSSR count). The topological polar surface area (TPSA) is 86.8 Å². The second-order valence-electron chi connectivity index (χ2n) is 9.69. The molecular weight excluding hydrogens is 498 g/mol. The summed E-state index contributed by atoms with van der Waals surface area (Å²) in [7, 11) is -3.54. The SMILES string of the molecule is Cc1ccc(C)c(N(CCCC(=O)N(Cc2ccc(Cl)cc2)C(C)C(=O)NCC(C)C)S(C)(=O)=O)c1. The molecule has 198 valence electrons. The Morgan fingerprint density at radius 2 is 1.67 bits per heavy atom. The van der Waals surface area contributed by atoms with Crippen LogP contribution in [0.4, 0.5) is 5.69 Å². The minimum absolute atomic E-state index is 0.103. The van der Waals surface area contributed by atoms with Gasteiger partial charge in [-0.3, -0.25) is 13.9 Å². The summed E-state index contributed by atoms with van der Waals surface area (Å²) in [6, 6.07) is 12.1. The van der Waals surface area contributed by atoms with Crippen molar-refractivity contribution in [1.82, 2.24) is 10.2 Å². The van der Waals surface area contributed by atoms with Gasteiger partial charge >= 0.3 is 0 Å². The molecule has 36 heavy (non-hydrogen) atoms. The highest BCUT2D eigenvalue weighted by atomic mass is 35.5. The number of carbonyl (C=O) groups excluding carboxylic acids is 2. The van der Waals surface area contributed by atoms with Crippen molar-refractivity contribution in [3.05, 3.63) is 64.2 Å². The van der Waals surface area contributed by atoms with Gasteiger partial charge in [0.05, 0.1) is 11.9 Å². The lowest BCUT2D eigenvalue weighted by Crippen LogP contribution is -2.48. The zero-order valence-corrected chi connectivity index (χ0v) is 23.6. The van der Waals surface area contributed by atoms with E-state index in [1.807, 2.05) is 58.0 Å². The van der Waals surface area contributed by atoms with Crippen molar-refractivity contribution in [2.24, 2.45) is 5.92 Å². The maximum Gasteiger partial charge on any atom is 0.242 e. The third kappa shape index (κ3) is 8.82. The minimum Gasteiger partial charge on any atom is -0.354 e. The molecule has 9 heteroatoms. The van der Waals surface area contributed by atoms with Gasteiger partial charge in [-0.05, 0) is 68.0 Å². The van der Waals surface area contributed by atoms with Crippen LogP contribution in [-0.4, -0.2) is 50.5 Å². The molecule has 2 amide bonds. The van der Waals surface area contributed by atoms with Crippen LogP contribution >= 0.6 is 11.6 Å². The van der Waals surface area contributed by atoms with Crippen LogP contribution in [0.15, 0.2) is 42.5 Å². The largest absolute Gasteiger partial charge is 0.354 e. The third-order valence-corrected chi connectivity index (χ3v) is 7.34. The zero-order valence-electron chi connectivity index (χ0n) is 22.0. The fourth-order valence-corrected chi connectivity index (χ4v) is 4.93. The highest BCUT2D eigenvalue weighted by molar-refractivity contribution is 7.92. The lowest BCUT2D eigenvalue weighted by atomic mass is 10.1. The number of sulfonamides is 1. The molecule has 0 aromatic heterocycles. The number of rotatable bonds is 12. The molecule has 1 atom stereocenters. The van der Waals surface area contributed by atoms with Gasteiger partial charge in [-0.2, -0.15) is 0 Å². The molecule has 0 radical (unpaired) electrons. The highest BCUT2D eigenvalue weighted by Gasteiger charge is 2.27. The van der Waals surface area contributed by atoms with Gasteiger partial charge in [-0.1, -0.05) is 49.7 Å². The molecule has 0 saturated heterocycles. The number of nitrogens with one attached hydrogen (secondary N) is 1. The van der Waals surface area contributed by atoms with Crippen molar-refractivity contribution < 1.29 is 18.0 Å². The van der Waals surface area contributed by atoms with Gasteiger partial charge < -0.3 is 10.2 Å². The van der Waals surface area contributed by atoms with E-state index in [0.717, 1.165) is 16.7 Å². The Kier molecular flexibility index (Phi) is 10.8. The van der Waals surface area contributed by atoms with Gasteiger partial charge in [-0.15, -0.1) is 0 Å². The summed E-state index contributed by atoms with van der Waals surface area (Å²) in [5.41, 5.74) is 3.27. The number of amides is 2. The van der Waals surface area contributed by atoms with E-state index in [-0.39, 0.29) is 37.2 Å². The maximum absolute atomic E-state index is 13.3. The summed E-state index contributed by atoms with van der Waals surface area (Å²) < 4.78 is 26.5. The van der Waals surface area contributed by atoms with E-state index in [0.29, 0.717) is 23.7 Å². The van der Waals surface area contributed by atoms with Gasteiger partial charge in [0, 0.05) is 31.1 Å². The van der Waals surface area contributed by atoms with Crippen LogP contribution in [0.3, 0.4) is 0 Å². The average molecular weight is 536 g/mol. The first-order valence-electron chi connectivity index (χ1n) is 12.2. The van der Waals surface area contributed by atoms with Crippen LogP contribution in [0.5, 0.6) is 0 Å². The molecule has 0 saturated carbocycles. The number of aryl methyl sites for hydroxylation is 2. The third-order valence-electron chi connectivity index (χ3n) is 5.90. The number of carbonyl (C=O) groups is 2. The van der Waals surface area contributed by atoms with Gasteiger partial charge in [-0.25, -0.2) is 8.42 Å². The van der Waals surface area contributed by atoms with Gasteiger partial charge in [0.25, 0.3) is 0 Å². The predicted octanol–water partition coefficient (Wildman–Crippen LogP) is 4.69. The van der Waals surface area contributed by atoms with Crippen molar-refractivity contribution in [3.8, 4) is 0 Å². The number of halogens is 1. The van der Waals surface area contributed by atoms with E-state index in [1.165, 1.54) is 10.6 Å². The Bertz CT molecular complexity index is 1150. The number of hydrogen-bond acceptors (Lipinski definition) is 4. The summed E-state index contributed by atoms with van der Waals surface area (Å²) >= 11 is 6.00. The van der Waals surface area contributed by atoms with Crippen molar-refractivity contribution in [2.75, 3.05) is 23.7 Å². The Morgan fingerprint density at radius 3 is 2.25 bits per heavy atom. The molecule has 7 nitrogen and oxygen atoms in total. The molecule has 0 bridgehead atoms. The van der Waals surface area contributed by atoms with E-state index in [1.54, 1.807) is 24.0 Å². The van der Waals surface area contributed by atoms with Crippen LogP contribution in [0.2, 0.25) is 5.02 Å². The van der Waals surface area contributed by atoms with Crippen LogP contribution in [-0.2, 0) is 26.2 Å². The van der Waals surface area contributed by atoms with E-state index in [2.05, 4.69) is 5.32 Å². The Hall–Kier alpha value is -2.58. The molecule has 1 N–H and O–H groups in total. The number of hydrogen-bond donors (Lipinski definition) is 1. The Morgan fingerprint density at radius 1 is 1.03 bits per heavy atom. The molecule has 0 aliphatic heterocycles. The molecule has 0 heterocycles. The van der Waals surface area contributed by atoms with E-state index >= 15 is 0 Å². The van der Waals surface area contributed by atoms with Crippen LogP contribution in [0.25, 0.3) is 0 Å². The molecule has 2 aromatic carbocycles. The summed E-state index contributed by atoms with van der Waals surface area (Å²) in [5.74, 6) is -0.153. The second-order valence-corrected chi connectivity index (χ2v) is 12.0. The minimum atomic E-state index is -3.54. The van der Waals surface area contributed by atoms with Crippen molar-refractivity contribution in [3.63, 3.8) is 0 Å². The first-order valence-corrected chi connectivity index (χ1v) is 14.4. The average Bonchev–Trinajstić information content (AvgIpc) is 2.80. The summed E-state index contributed by atoms with van der Waals surface area (Å²) in [6.45, 7) is 10.4. The van der Waals surface area contributed by atoms with Gasteiger partial charge in [0.1, 0.15) is 6.04 Å². The molecule has 1 unspecified atom stereocenters. The van der Waals surface area contributed by atoms with Crippen molar-refractivity contribution >= 4 is 39.1 Å². The zero-order chi connectivity index (χ0) is 27.0. The van der Waals surface area contributed by atoms with Gasteiger partial charge in [0.2, 0.25) is 21.8 Å². The first kappa shape index (κ1) is 29.6. The lowest BCUT2D eigenvalue weighted by Gasteiger charge is -2.30. The number of nitrogens with zero attached hydrogens (tertiary/aromatic N) is 2. The predicted molar refractivity (Wildman–Crippen MR) is 147 cm³/mol. The number of benzene rings is 2. The summed E-state index contributed by atoms with van der Waals surface area (Å²) in [4.78, 5) is 27.7. The maximum atomic E-state index is 13.3. The van der Waals surface area contributed by atoms with Crippen molar-refractivity contribution in [1.29, 1.82) is 0 Å². The Labute approximate surface area is 220 Å². The fourth-order valence-electron chi connectivity index (χ4n) is 3.79. The number of anilines is 1. The monoisotopic (exact) mass is 535 g/mol. The molecule has 0 aliphatic carbocycles.